The van der Waals surface area contributed by atoms with Crippen molar-refractivity contribution in [2.45, 2.75) is 197 Å². The molecule has 98 heavy (non-hydrogen) atoms. The second-order valence-electron chi connectivity index (χ2n) is 17.1. The molecule has 1 heterocycles. The molecule has 0 bridgehead atoms. The van der Waals surface area contributed by atoms with E-state index in [0.717, 1.165) is 51.4 Å². The zero-order valence-electron chi connectivity index (χ0n) is 62.8. The summed E-state index contributed by atoms with van der Waals surface area (Å²) in [5.41, 5.74) is 10.4. The number of ketones is 1. The van der Waals surface area contributed by atoms with E-state index in [1.54, 1.807) is 13.0 Å². The van der Waals surface area contributed by atoms with Crippen LogP contribution < -0.4 is 11.5 Å². The Morgan fingerprint density at radius 3 is 0.980 bits per heavy atom. The number of unbranched alkanes of at least 4 members (excludes halogenated alkanes) is 1. The van der Waals surface area contributed by atoms with E-state index in [4.69, 9.17) is 88.1 Å². The van der Waals surface area contributed by atoms with Gasteiger partial charge in [-0.3, -0.25) is 24.0 Å². The number of esters is 4. The fraction of sp³-hybridized carbons (Fsp3) is 0.587. The summed E-state index contributed by atoms with van der Waals surface area (Å²) in [5.74, 6) is -2.39. The first-order valence-electron chi connectivity index (χ1n) is 32.3. The standard InChI is InChI=1S/C29H46O11.C6H16N2O2.8C4H8.8CH2O/c1-3-9-22(28(34)38-17-6-5-12-26(32)36-4-2)10-7-19-39-29(35)23(20-25-21-40-25)11-8-18-37-27(33)14-13-24(31)15-16-30;7-1-3-9-5-6-10-4-2-8;8*1-3-4-2;8*1-2/h3,22-23,25,30H,1,4-21H2,2H3;1-8H2;8*3H,1,4H2,2H3;8*1H2. The lowest BCUT2D eigenvalue weighted by molar-refractivity contribution is -0.150. The molecule has 5 N–H and O–H groups in total. The summed E-state index contributed by atoms with van der Waals surface area (Å²) in [6.07, 6.45) is 29.7. The smallest absolute Gasteiger partial charge is 0.309 e. The van der Waals surface area contributed by atoms with Gasteiger partial charge in [0.05, 0.1) is 83.8 Å². The van der Waals surface area contributed by atoms with E-state index in [2.05, 4.69) is 115 Å². The lowest BCUT2D eigenvalue weighted by Crippen LogP contribution is -2.22. The Morgan fingerprint density at radius 2 is 0.694 bits per heavy atom. The summed E-state index contributed by atoms with van der Waals surface area (Å²) >= 11 is 0. The maximum absolute atomic E-state index is 12.7. The Labute approximate surface area is 595 Å². The number of aliphatic hydroxyl groups excluding tert-OH is 1. The molecule has 3 unspecified atom stereocenters. The van der Waals surface area contributed by atoms with Gasteiger partial charge in [-0.25, -0.2) is 0 Å². The zero-order valence-corrected chi connectivity index (χ0v) is 62.8. The van der Waals surface area contributed by atoms with E-state index < -0.39 is 5.97 Å². The number of aliphatic hydroxyl groups is 1. The Balaban J connectivity index is -0.0000000611. The Bertz CT molecular complexity index is 1460. The van der Waals surface area contributed by atoms with E-state index in [9.17, 15) is 24.0 Å². The molecule has 23 nitrogen and oxygen atoms in total. The number of rotatable bonds is 40. The number of carbonyl (C=O) groups excluding carboxylic acids is 13. The molecule has 3 atom stereocenters. The molecule has 0 aromatic carbocycles. The van der Waals surface area contributed by atoms with Gasteiger partial charge in [0.25, 0.3) is 0 Å². The van der Waals surface area contributed by atoms with Gasteiger partial charge in [0.15, 0.2) is 0 Å². The Kier molecular flexibility index (Phi) is 230. The van der Waals surface area contributed by atoms with Crippen LogP contribution in [0.5, 0.6) is 0 Å². The van der Waals surface area contributed by atoms with Crippen LogP contribution in [0, 0.1) is 11.8 Å². The summed E-state index contributed by atoms with van der Waals surface area (Å²) in [6.45, 7) is 70.6. The second-order valence-corrected chi connectivity index (χ2v) is 17.1. The molecular weight excluding hydrogens is 1260 g/mol. The SMILES string of the molecule is C=CCC.C=CCC.C=CCC.C=CCC.C=CCC.C=CCC.C=CCC.C=CCC.C=CCC(CCCOC(=O)C(CCCOC(=O)CCC(=O)CCO)CC1CO1)C(=O)OCCCCC(=O)OCC.C=O.C=O.C=O.C=O.C=O.C=O.C=O.C=O.NCCOCCOCCN. The van der Waals surface area contributed by atoms with E-state index >= 15 is 0 Å². The minimum Gasteiger partial charge on any atom is -0.466 e. The Hall–Kier alpha value is -7.67. The highest BCUT2D eigenvalue weighted by Crippen LogP contribution is 2.24. The topological polar surface area (TPSA) is 362 Å². The lowest BCUT2D eigenvalue weighted by Gasteiger charge is -2.17. The van der Waals surface area contributed by atoms with Gasteiger partial charge in [-0.15, -0.1) is 59.2 Å². The van der Waals surface area contributed by atoms with Crippen molar-refractivity contribution in [2.75, 3.05) is 79.2 Å². The maximum atomic E-state index is 12.7. The molecule has 0 amide bonds. The molecule has 1 fully saturated rings. The number of hydrogen-bond acceptors (Lipinski definition) is 23. The van der Waals surface area contributed by atoms with Crippen LogP contribution in [0.15, 0.2) is 114 Å². The quantitative estimate of drug-likeness (QED) is 0.0169. The van der Waals surface area contributed by atoms with E-state index in [-0.39, 0.29) is 87.3 Å². The van der Waals surface area contributed by atoms with Gasteiger partial charge < -0.3 is 88.1 Å². The average Bonchev–Trinajstić information content (AvgIpc) is 1.78. The van der Waals surface area contributed by atoms with Crippen molar-refractivity contribution in [3.63, 3.8) is 0 Å². The average molecular weight is 1410 g/mol. The minimum atomic E-state index is -0.486. The van der Waals surface area contributed by atoms with Crippen molar-refractivity contribution in [2.24, 2.45) is 23.3 Å². The summed E-state index contributed by atoms with van der Waals surface area (Å²) in [7, 11) is 0. The van der Waals surface area contributed by atoms with Crippen LogP contribution in [-0.2, 0) is 95.5 Å². The van der Waals surface area contributed by atoms with Crippen LogP contribution in [0.25, 0.3) is 0 Å². The van der Waals surface area contributed by atoms with Crippen LogP contribution in [0.1, 0.15) is 191 Å². The molecular formula is C75H142N2O21. The molecule has 578 valence electrons. The fourth-order valence-corrected chi connectivity index (χ4v) is 4.47. The number of hydrogen-bond donors (Lipinski definition) is 3. The second kappa shape index (κ2) is 168. The van der Waals surface area contributed by atoms with Gasteiger partial charge >= 0.3 is 23.9 Å². The van der Waals surface area contributed by atoms with E-state index in [0.29, 0.717) is 111 Å². The Morgan fingerprint density at radius 1 is 0.398 bits per heavy atom. The predicted molar refractivity (Wildman–Crippen MR) is 405 cm³/mol. The predicted octanol–water partition coefficient (Wildman–Crippen LogP) is 13.4. The molecule has 0 saturated carbocycles. The van der Waals surface area contributed by atoms with Gasteiger partial charge in [-0.2, -0.15) is 0 Å². The van der Waals surface area contributed by atoms with Crippen molar-refractivity contribution in [3.8, 4) is 0 Å². The lowest BCUT2D eigenvalue weighted by atomic mass is 9.98. The third-order valence-corrected chi connectivity index (χ3v) is 9.50. The van der Waals surface area contributed by atoms with Gasteiger partial charge in [0.2, 0.25) is 0 Å². The largest absolute Gasteiger partial charge is 0.466 e. The highest BCUT2D eigenvalue weighted by Gasteiger charge is 2.31. The van der Waals surface area contributed by atoms with Crippen LogP contribution in [0.2, 0.25) is 0 Å². The van der Waals surface area contributed by atoms with Gasteiger partial charge in [0, 0.05) is 39.0 Å². The first kappa shape index (κ1) is 134. The fourth-order valence-electron chi connectivity index (χ4n) is 4.47. The van der Waals surface area contributed by atoms with Gasteiger partial charge in [-0.1, -0.05) is 110 Å². The van der Waals surface area contributed by atoms with E-state index in [1.165, 1.54) is 0 Å². The third-order valence-electron chi connectivity index (χ3n) is 9.50. The van der Waals surface area contributed by atoms with Crippen molar-refractivity contribution in [1.82, 2.24) is 0 Å². The first-order chi connectivity index (χ1) is 47.5. The number of epoxide rings is 1. The normalized spacial score (nSPS) is 9.69. The molecule has 1 aliphatic rings. The molecule has 0 spiro atoms. The van der Waals surface area contributed by atoms with Gasteiger partial charge in [-0.05, 0) is 110 Å². The summed E-state index contributed by atoms with van der Waals surface area (Å²) in [6, 6.07) is 0. The first-order valence-corrected chi connectivity index (χ1v) is 32.3. The van der Waals surface area contributed by atoms with Crippen molar-refractivity contribution < 1.29 is 101 Å². The van der Waals surface area contributed by atoms with Gasteiger partial charge in [0.1, 0.15) is 60.1 Å². The summed E-state index contributed by atoms with van der Waals surface area (Å²) < 4.78 is 36.2. The van der Waals surface area contributed by atoms with Crippen molar-refractivity contribution in [1.29, 1.82) is 0 Å². The number of Topliss-reactive ketones (excluding diaryl/α,β-unsaturated/α-hetero) is 1. The molecule has 1 saturated heterocycles. The molecule has 23 heteroatoms. The van der Waals surface area contributed by atoms with Crippen molar-refractivity contribution in [3.05, 3.63) is 114 Å². The summed E-state index contributed by atoms with van der Waals surface area (Å²) in [4.78, 5) is 124. The summed E-state index contributed by atoms with van der Waals surface area (Å²) in [5, 5.41) is 8.73. The number of ether oxygens (including phenoxy) is 7. The zero-order chi connectivity index (χ0) is 80.6. The highest BCUT2D eigenvalue weighted by atomic mass is 16.6. The highest BCUT2D eigenvalue weighted by molar-refractivity contribution is 5.83. The third kappa shape index (κ3) is 198. The minimum absolute atomic E-state index is 0.0269. The number of carbonyl (C=O) groups is 13. The van der Waals surface area contributed by atoms with Crippen LogP contribution in [-0.4, -0.2) is 174 Å². The van der Waals surface area contributed by atoms with E-state index in [1.807, 2.05) is 103 Å². The van der Waals surface area contributed by atoms with Crippen molar-refractivity contribution >= 4 is 84.0 Å². The van der Waals surface area contributed by atoms with Crippen LogP contribution >= 0.6 is 0 Å². The molecule has 0 aromatic heterocycles. The van der Waals surface area contributed by atoms with Crippen LogP contribution in [0.3, 0.4) is 0 Å². The maximum Gasteiger partial charge on any atom is 0.309 e. The van der Waals surface area contributed by atoms with Crippen LogP contribution in [0.4, 0.5) is 0 Å². The molecule has 1 rings (SSSR count). The molecule has 0 aromatic rings. The molecule has 1 aliphatic heterocycles. The number of allylic oxidation sites excluding steroid dienone is 9. The molecule has 0 radical (unpaired) electrons. The monoisotopic (exact) mass is 1410 g/mol. The molecule has 0 aliphatic carbocycles. The number of nitrogens with two attached hydrogens (primary N) is 2.